The van der Waals surface area contributed by atoms with E-state index < -0.39 is 43.9 Å². The predicted octanol–water partition coefficient (Wildman–Crippen LogP) is 4.98. The van der Waals surface area contributed by atoms with Gasteiger partial charge in [-0.3, -0.25) is 0 Å². The van der Waals surface area contributed by atoms with Crippen LogP contribution in [0.1, 0.15) is 105 Å². The van der Waals surface area contributed by atoms with Crippen molar-refractivity contribution in [1.82, 2.24) is 0 Å². The number of carbonyl (C=O) groups excluding carboxylic acids is 4. The Balaban J connectivity index is 2.42. The molecule has 0 atom stereocenters. The first-order chi connectivity index (χ1) is 15.8. The standard InChI is InChI=1S/2C12H20O4.Sn/c2*1-3-5-7-9(11(13)14)10(12(15)16)8-6-4-2;/h2*3-8H2,1-2H3,(H,13,14)(H,15,16);/q;;+4/p-4. The third kappa shape index (κ3) is 7.07. The summed E-state index contributed by atoms with van der Waals surface area (Å²) in [5.74, 6) is -3.15. The van der Waals surface area contributed by atoms with Crippen LogP contribution in [0.15, 0.2) is 22.3 Å². The van der Waals surface area contributed by atoms with Crippen LogP contribution in [0.4, 0.5) is 0 Å². The van der Waals surface area contributed by atoms with E-state index in [1.165, 1.54) is 0 Å². The molecule has 0 aromatic rings. The molecule has 2 aliphatic heterocycles. The van der Waals surface area contributed by atoms with Gasteiger partial charge in [-0.1, -0.05) is 0 Å². The molecule has 2 aliphatic rings. The molecule has 33 heavy (non-hydrogen) atoms. The zero-order valence-electron chi connectivity index (χ0n) is 20.3. The second-order valence-corrected chi connectivity index (χ2v) is 13.6. The zero-order valence-corrected chi connectivity index (χ0v) is 23.1. The zero-order chi connectivity index (χ0) is 24.4. The van der Waals surface area contributed by atoms with Crippen molar-refractivity contribution in [2.75, 3.05) is 0 Å². The van der Waals surface area contributed by atoms with E-state index in [0.717, 1.165) is 25.7 Å². The summed E-state index contributed by atoms with van der Waals surface area (Å²) in [5.41, 5.74) is 0.910. The van der Waals surface area contributed by atoms with Gasteiger partial charge in [0.05, 0.1) is 0 Å². The van der Waals surface area contributed by atoms with E-state index in [1.807, 2.05) is 27.7 Å². The molecule has 0 saturated carbocycles. The minimum atomic E-state index is -5.68. The molecule has 9 heteroatoms. The third-order valence-electron chi connectivity index (χ3n) is 5.71. The van der Waals surface area contributed by atoms with Crippen molar-refractivity contribution < 1.29 is 31.5 Å². The quantitative estimate of drug-likeness (QED) is 0.303. The molecule has 0 unspecified atom stereocenters. The molecule has 0 aromatic heterocycles. The van der Waals surface area contributed by atoms with Crippen LogP contribution in [0.2, 0.25) is 0 Å². The topological polar surface area (TPSA) is 105 Å². The molecule has 0 saturated heterocycles. The maximum absolute atomic E-state index is 13.1. The van der Waals surface area contributed by atoms with Gasteiger partial charge in [-0.2, -0.15) is 0 Å². The second-order valence-electron chi connectivity index (χ2n) is 8.39. The van der Waals surface area contributed by atoms with Gasteiger partial charge >= 0.3 is 202 Å². The van der Waals surface area contributed by atoms with Crippen LogP contribution in [0.5, 0.6) is 0 Å². The summed E-state index contributed by atoms with van der Waals surface area (Å²) in [6.45, 7) is 7.90. The van der Waals surface area contributed by atoms with Crippen LogP contribution in [0.25, 0.3) is 0 Å². The number of hydrogen-bond acceptors (Lipinski definition) is 8. The van der Waals surface area contributed by atoms with Gasteiger partial charge in [0.15, 0.2) is 0 Å². The fraction of sp³-hybridized carbons (Fsp3) is 0.667. The summed E-state index contributed by atoms with van der Waals surface area (Å²) in [5, 5.41) is 0. The summed E-state index contributed by atoms with van der Waals surface area (Å²) in [6.07, 6.45) is 7.35. The Kier molecular flexibility index (Phi) is 10.9. The Hall–Kier alpha value is -1.84. The van der Waals surface area contributed by atoms with Crippen molar-refractivity contribution in [3.63, 3.8) is 0 Å². The molecule has 0 radical (unpaired) electrons. The van der Waals surface area contributed by atoms with Gasteiger partial charge in [-0.25, -0.2) is 0 Å². The Bertz CT molecular complexity index is 691. The van der Waals surface area contributed by atoms with Crippen LogP contribution in [-0.2, 0) is 31.5 Å². The van der Waals surface area contributed by atoms with E-state index in [4.69, 9.17) is 12.3 Å². The maximum atomic E-state index is 13.1. The van der Waals surface area contributed by atoms with E-state index in [0.29, 0.717) is 51.4 Å². The van der Waals surface area contributed by atoms with Crippen LogP contribution in [0, 0.1) is 0 Å². The summed E-state index contributed by atoms with van der Waals surface area (Å²) in [7, 11) is 0. The summed E-state index contributed by atoms with van der Waals surface area (Å²) in [4.78, 5) is 52.4. The van der Waals surface area contributed by atoms with Crippen LogP contribution in [0.3, 0.4) is 0 Å². The van der Waals surface area contributed by atoms with Crippen molar-refractivity contribution >= 4 is 43.9 Å². The molecule has 184 valence electrons. The van der Waals surface area contributed by atoms with E-state index in [-0.39, 0.29) is 22.3 Å². The predicted molar refractivity (Wildman–Crippen MR) is 122 cm³/mol. The molecule has 0 amide bonds. The fourth-order valence-electron chi connectivity index (χ4n) is 3.74. The Morgan fingerprint density at radius 1 is 0.455 bits per heavy atom. The second kappa shape index (κ2) is 13.1. The summed E-state index contributed by atoms with van der Waals surface area (Å²) in [6, 6.07) is 0. The molecule has 1 spiro atoms. The SMILES string of the molecule is CCCCC1=C(CCCC)C(=O)[O][Sn]2([O]C1=O)[O]C(=O)C(CCCC)=C(CCCC)C(=O)[O]2. The van der Waals surface area contributed by atoms with Crippen molar-refractivity contribution in [2.24, 2.45) is 0 Å². The van der Waals surface area contributed by atoms with Gasteiger partial charge in [0.2, 0.25) is 0 Å². The monoisotopic (exact) mass is 572 g/mol. The van der Waals surface area contributed by atoms with Gasteiger partial charge in [-0.15, -0.1) is 0 Å². The number of carbonyl (C=O) groups is 4. The molecule has 2 heterocycles. The van der Waals surface area contributed by atoms with Crippen LogP contribution < -0.4 is 0 Å². The molecule has 0 aliphatic carbocycles. The molecular weight excluding hydrogens is 535 g/mol. The van der Waals surface area contributed by atoms with E-state index >= 15 is 0 Å². The Morgan fingerprint density at radius 2 is 0.667 bits per heavy atom. The number of unbranched alkanes of at least 4 members (excludes halogenated alkanes) is 4. The van der Waals surface area contributed by atoms with Gasteiger partial charge in [0, 0.05) is 0 Å². The Labute approximate surface area is 202 Å². The van der Waals surface area contributed by atoms with Crippen molar-refractivity contribution in [3.8, 4) is 0 Å². The average Bonchev–Trinajstić information content (AvgIpc) is 2.92. The van der Waals surface area contributed by atoms with Crippen molar-refractivity contribution in [3.05, 3.63) is 22.3 Å². The van der Waals surface area contributed by atoms with E-state index in [1.54, 1.807) is 0 Å². The molecule has 0 aromatic carbocycles. The average molecular weight is 571 g/mol. The van der Waals surface area contributed by atoms with E-state index in [9.17, 15) is 19.2 Å². The third-order valence-corrected chi connectivity index (χ3v) is 10.7. The first-order valence-electron chi connectivity index (χ1n) is 12.2. The van der Waals surface area contributed by atoms with Gasteiger partial charge in [0.25, 0.3) is 0 Å². The van der Waals surface area contributed by atoms with Gasteiger partial charge in [0.1, 0.15) is 0 Å². The van der Waals surface area contributed by atoms with Crippen molar-refractivity contribution in [2.45, 2.75) is 105 Å². The number of rotatable bonds is 12. The molecule has 2 rings (SSSR count). The fourth-order valence-corrected chi connectivity index (χ4v) is 8.46. The molecular formula is C24H36O8Sn. The summed E-state index contributed by atoms with van der Waals surface area (Å²) < 4.78 is 22.1. The van der Waals surface area contributed by atoms with Crippen LogP contribution >= 0.6 is 0 Å². The first kappa shape index (κ1) is 27.4. The number of hydrogen-bond donors (Lipinski definition) is 0. The molecule has 0 N–H and O–H groups in total. The molecule has 8 nitrogen and oxygen atoms in total. The van der Waals surface area contributed by atoms with Gasteiger partial charge in [-0.05, 0) is 0 Å². The normalized spacial score (nSPS) is 18.5. The van der Waals surface area contributed by atoms with Crippen molar-refractivity contribution in [1.29, 1.82) is 0 Å². The minimum absolute atomic E-state index is 0.227. The first-order valence-corrected chi connectivity index (χ1v) is 16.9. The van der Waals surface area contributed by atoms with E-state index in [2.05, 4.69) is 0 Å². The van der Waals surface area contributed by atoms with Crippen LogP contribution in [-0.4, -0.2) is 43.9 Å². The molecule has 0 fully saturated rings. The van der Waals surface area contributed by atoms with Gasteiger partial charge < -0.3 is 0 Å². The summed E-state index contributed by atoms with van der Waals surface area (Å²) >= 11 is -5.68. The Morgan fingerprint density at radius 3 is 0.848 bits per heavy atom. The molecule has 0 bridgehead atoms.